The van der Waals surface area contributed by atoms with Gasteiger partial charge < -0.3 is 4.74 Å². The Labute approximate surface area is 144 Å². The lowest BCUT2D eigenvalue weighted by Gasteiger charge is -2.19. The van der Waals surface area contributed by atoms with Gasteiger partial charge in [0.2, 0.25) is 10.0 Å². The summed E-state index contributed by atoms with van der Waals surface area (Å²) in [5.41, 5.74) is 2.10. The molecule has 0 amide bonds. The standard InChI is InChI=1S/C19H25NO3S/c1-19(2,3)17-9-11-18(12-10-17)23-14-13-20-24(21,22)15-16-7-5-4-6-8-16/h4-12,20H,13-15H2,1-3H3. The zero-order valence-corrected chi connectivity index (χ0v) is 15.3. The fourth-order valence-corrected chi connectivity index (χ4v) is 3.39. The van der Waals surface area contributed by atoms with E-state index < -0.39 is 10.0 Å². The molecule has 2 aromatic rings. The van der Waals surface area contributed by atoms with Crippen molar-refractivity contribution in [3.05, 3.63) is 65.7 Å². The van der Waals surface area contributed by atoms with Crippen molar-refractivity contribution in [3.63, 3.8) is 0 Å². The Hall–Kier alpha value is -1.85. The van der Waals surface area contributed by atoms with Gasteiger partial charge in [0, 0.05) is 6.54 Å². The molecule has 0 radical (unpaired) electrons. The number of rotatable bonds is 7. The topological polar surface area (TPSA) is 55.4 Å². The Kier molecular flexibility index (Phi) is 6.02. The summed E-state index contributed by atoms with van der Waals surface area (Å²) in [6.07, 6.45) is 0. The highest BCUT2D eigenvalue weighted by Crippen LogP contribution is 2.24. The molecule has 1 N–H and O–H groups in total. The van der Waals surface area contributed by atoms with Crippen molar-refractivity contribution in [3.8, 4) is 5.75 Å². The predicted octanol–water partition coefficient (Wildman–Crippen LogP) is 3.48. The van der Waals surface area contributed by atoms with E-state index in [1.807, 2.05) is 42.5 Å². The van der Waals surface area contributed by atoms with Crippen molar-refractivity contribution >= 4 is 10.0 Å². The van der Waals surface area contributed by atoms with Crippen LogP contribution in [-0.2, 0) is 21.2 Å². The fraction of sp³-hybridized carbons (Fsp3) is 0.368. The van der Waals surface area contributed by atoms with Gasteiger partial charge in [-0.15, -0.1) is 0 Å². The van der Waals surface area contributed by atoms with Gasteiger partial charge in [0.05, 0.1) is 5.75 Å². The van der Waals surface area contributed by atoms with Gasteiger partial charge in [-0.1, -0.05) is 63.2 Å². The van der Waals surface area contributed by atoms with Crippen LogP contribution in [0.3, 0.4) is 0 Å². The maximum atomic E-state index is 12.0. The molecule has 0 aliphatic heterocycles. The lowest BCUT2D eigenvalue weighted by Crippen LogP contribution is -2.29. The van der Waals surface area contributed by atoms with Gasteiger partial charge in [-0.05, 0) is 28.7 Å². The third-order valence-corrected chi connectivity index (χ3v) is 4.97. The van der Waals surface area contributed by atoms with E-state index in [4.69, 9.17) is 4.74 Å². The number of hydrogen-bond donors (Lipinski definition) is 1. The molecule has 4 nitrogen and oxygen atoms in total. The second kappa shape index (κ2) is 7.81. The summed E-state index contributed by atoms with van der Waals surface area (Å²) in [7, 11) is -3.35. The summed E-state index contributed by atoms with van der Waals surface area (Å²) in [6.45, 7) is 7.01. The van der Waals surface area contributed by atoms with Crippen LogP contribution in [-0.4, -0.2) is 21.6 Å². The number of sulfonamides is 1. The third-order valence-electron chi connectivity index (χ3n) is 3.61. The van der Waals surface area contributed by atoms with Crippen molar-refractivity contribution in [1.82, 2.24) is 4.72 Å². The highest BCUT2D eigenvalue weighted by Gasteiger charge is 2.13. The molecular weight excluding hydrogens is 322 g/mol. The molecule has 0 aliphatic carbocycles. The molecule has 0 fully saturated rings. The van der Waals surface area contributed by atoms with Crippen molar-refractivity contribution in [2.45, 2.75) is 31.9 Å². The SMILES string of the molecule is CC(C)(C)c1ccc(OCCNS(=O)(=O)Cc2ccccc2)cc1. The molecular formula is C19H25NO3S. The normalized spacial score (nSPS) is 12.1. The minimum absolute atomic E-state index is 0.0197. The van der Waals surface area contributed by atoms with Gasteiger partial charge in [0.15, 0.2) is 0 Å². The Balaban J connectivity index is 1.78. The van der Waals surface area contributed by atoms with Gasteiger partial charge in [0.25, 0.3) is 0 Å². The molecule has 2 rings (SSSR count). The van der Waals surface area contributed by atoms with Crippen molar-refractivity contribution < 1.29 is 13.2 Å². The highest BCUT2D eigenvalue weighted by molar-refractivity contribution is 7.88. The first kappa shape index (κ1) is 18.5. The molecule has 0 bridgehead atoms. The molecule has 24 heavy (non-hydrogen) atoms. The van der Waals surface area contributed by atoms with E-state index in [-0.39, 0.29) is 17.7 Å². The van der Waals surface area contributed by atoms with E-state index in [2.05, 4.69) is 25.5 Å². The molecule has 0 saturated heterocycles. The van der Waals surface area contributed by atoms with E-state index in [0.29, 0.717) is 6.61 Å². The Morgan fingerprint density at radius 1 is 0.958 bits per heavy atom. The smallest absolute Gasteiger partial charge is 0.215 e. The van der Waals surface area contributed by atoms with E-state index in [1.165, 1.54) is 5.56 Å². The van der Waals surface area contributed by atoms with Gasteiger partial charge in [-0.2, -0.15) is 0 Å². The molecule has 0 spiro atoms. The average molecular weight is 347 g/mol. The van der Waals surface area contributed by atoms with Crippen LogP contribution in [0.5, 0.6) is 5.75 Å². The Bertz CT molecular complexity index is 732. The van der Waals surface area contributed by atoms with Gasteiger partial charge in [0.1, 0.15) is 12.4 Å². The van der Waals surface area contributed by atoms with E-state index in [9.17, 15) is 8.42 Å². The maximum Gasteiger partial charge on any atom is 0.215 e. The predicted molar refractivity (Wildman–Crippen MR) is 97.7 cm³/mol. The largest absolute Gasteiger partial charge is 0.492 e. The number of hydrogen-bond acceptors (Lipinski definition) is 3. The zero-order chi connectivity index (χ0) is 17.6. The highest BCUT2D eigenvalue weighted by atomic mass is 32.2. The van der Waals surface area contributed by atoms with E-state index in [1.54, 1.807) is 12.1 Å². The summed E-state index contributed by atoms with van der Waals surface area (Å²) >= 11 is 0. The van der Waals surface area contributed by atoms with Crippen LogP contribution in [0.1, 0.15) is 31.9 Å². The Morgan fingerprint density at radius 3 is 2.17 bits per heavy atom. The summed E-state index contributed by atoms with van der Waals surface area (Å²) < 4.78 is 32.2. The number of nitrogens with one attached hydrogen (secondary N) is 1. The minimum Gasteiger partial charge on any atom is -0.492 e. The summed E-state index contributed by atoms with van der Waals surface area (Å²) in [6, 6.07) is 17.0. The second-order valence-corrected chi connectivity index (χ2v) is 8.57. The van der Waals surface area contributed by atoms with Crippen LogP contribution in [0.25, 0.3) is 0 Å². The average Bonchev–Trinajstić information content (AvgIpc) is 2.52. The third kappa shape index (κ3) is 5.98. The van der Waals surface area contributed by atoms with Crippen LogP contribution in [0.15, 0.2) is 54.6 Å². The molecule has 5 heteroatoms. The first-order chi connectivity index (χ1) is 11.3. The first-order valence-corrected chi connectivity index (χ1v) is 9.66. The summed E-state index contributed by atoms with van der Waals surface area (Å²) in [5, 5.41) is 0. The van der Waals surface area contributed by atoms with Crippen LogP contribution in [0.4, 0.5) is 0 Å². The molecule has 0 unspecified atom stereocenters. The van der Waals surface area contributed by atoms with Gasteiger partial charge >= 0.3 is 0 Å². The summed E-state index contributed by atoms with van der Waals surface area (Å²) in [4.78, 5) is 0. The maximum absolute atomic E-state index is 12.0. The summed E-state index contributed by atoms with van der Waals surface area (Å²) in [5.74, 6) is 0.721. The van der Waals surface area contributed by atoms with Crippen molar-refractivity contribution in [1.29, 1.82) is 0 Å². The van der Waals surface area contributed by atoms with Crippen LogP contribution in [0, 0.1) is 0 Å². The van der Waals surface area contributed by atoms with E-state index >= 15 is 0 Å². The number of benzene rings is 2. The van der Waals surface area contributed by atoms with Crippen molar-refractivity contribution in [2.24, 2.45) is 0 Å². The van der Waals surface area contributed by atoms with Crippen LogP contribution in [0.2, 0.25) is 0 Å². The zero-order valence-electron chi connectivity index (χ0n) is 14.5. The lowest BCUT2D eigenvalue weighted by molar-refractivity contribution is 0.322. The quantitative estimate of drug-likeness (QED) is 0.780. The molecule has 0 atom stereocenters. The molecule has 2 aromatic carbocycles. The molecule has 130 valence electrons. The fourth-order valence-electron chi connectivity index (χ4n) is 2.26. The lowest BCUT2D eigenvalue weighted by atomic mass is 9.87. The van der Waals surface area contributed by atoms with E-state index in [0.717, 1.165) is 11.3 Å². The van der Waals surface area contributed by atoms with Crippen LogP contribution >= 0.6 is 0 Å². The van der Waals surface area contributed by atoms with Crippen LogP contribution < -0.4 is 9.46 Å². The minimum atomic E-state index is -3.35. The number of ether oxygens (including phenoxy) is 1. The molecule has 0 saturated carbocycles. The Morgan fingerprint density at radius 2 is 1.58 bits per heavy atom. The molecule has 0 aliphatic rings. The molecule has 0 heterocycles. The van der Waals surface area contributed by atoms with Gasteiger partial charge in [-0.25, -0.2) is 13.1 Å². The van der Waals surface area contributed by atoms with Crippen molar-refractivity contribution in [2.75, 3.05) is 13.2 Å². The monoisotopic (exact) mass is 347 g/mol. The molecule has 0 aromatic heterocycles. The second-order valence-electron chi connectivity index (χ2n) is 6.76. The van der Waals surface area contributed by atoms with Gasteiger partial charge in [-0.3, -0.25) is 0 Å². The first-order valence-electron chi connectivity index (χ1n) is 8.01.